The van der Waals surface area contributed by atoms with E-state index in [1.165, 1.54) is 36.4 Å². The van der Waals surface area contributed by atoms with Gasteiger partial charge in [-0.15, -0.1) is 0 Å². The summed E-state index contributed by atoms with van der Waals surface area (Å²) in [4.78, 5) is 35.5. The molecule has 2 aromatic carbocycles. The van der Waals surface area contributed by atoms with Gasteiger partial charge in [0.25, 0.3) is 5.69 Å². The summed E-state index contributed by atoms with van der Waals surface area (Å²) in [6.07, 6.45) is -0.0602. The minimum Gasteiger partial charge on any atom is -0.480 e. The number of halogens is 2. The van der Waals surface area contributed by atoms with E-state index in [9.17, 15) is 24.8 Å². The number of carbonyl (C=O) groups is 2. The molecule has 0 aromatic heterocycles. The molecule has 2 amide bonds. The number of carboxylic acids is 1. The van der Waals surface area contributed by atoms with Crippen molar-refractivity contribution in [1.82, 2.24) is 0 Å². The van der Waals surface area contributed by atoms with E-state index in [1.807, 2.05) is 0 Å². The monoisotopic (exact) mass is 424 g/mol. The van der Waals surface area contributed by atoms with Gasteiger partial charge in [-0.3, -0.25) is 15.0 Å². The summed E-state index contributed by atoms with van der Waals surface area (Å²) in [6, 6.07) is 5.46. The molecule has 2 aromatic rings. The number of aliphatic carboxylic acids is 1. The Bertz CT molecular complexity index is 984. The second kappa shape index (κ2) is 7.53. The minimum absolute atomic E-state index is 0.0602. The summed E-state index contributed by atoms with van der Waals surface area (Å²) < 4.78 is 0. The zero-order valence-corrected chi connectivity index (χ0v) is 15.6. The number of non-ortho nitro benzene ring substituents is 1. The standard InChI is InChI=1S/C17H14Cl2N4O5/c18-8-4-11(19)15-12(5-8)21-13(16(24)25)7-14(15)22(17(20)26)9-2-1-3-10(6-9)23(27)28/h1-6,13-14,21H,7H2,(H2,20,26)(H,24,25). The first kappa shape index (κ1) is 19.7. The average molecular weight is 425 g/mol. The predicted octanol–water partition coefficient (Wildman–Crippen LogP) is 3.80. The van der Waals surface area contributed by atoms with E-state index < -0.39 is 29.0 Å². The molecule has 2 unspecified atom stereocenters. The smallest absolute Gasteiger partial charge is 0.326 e. The lowest BCUT2D eigenvalue weighted by molar-refractivity contribution is -0.384. The predicted molar refractivity (Wildman–Crippen MR) is 104 cm³/mol. The van der Waals surface area contributed by atoms with E-state index >= 15 is 0 Å². The van der Waals surface area contributed by atoms with Gasteiger partial charge in [-0.25, -0.2) is 9.59 Å². The van der Waals surface area contributed by atoms with Gasteiger partial charge >= 0.3 is 12.0 Å². The number of nitrogens with zero attached hydrogens (tertiary/aromatic N) is 2. The lowest BCUT2D eigenvalue weighted by Crippen LogP contribution is -2.45. The molecule has 0 fully saturated rings. The summed E-state index contributed by atoms with van der Waals surface area (Å²) in [5.74, 6) is -1.14. The number of primary amides is 1. The van der Waals surface area contributed by atoms with Crippen LogP contribution in [0.4, 0.5) is 21.9 Å². The number of nitrogens with one attached hydrogen (secondary N) is 1. The summed E-state index contributed by atoms with van der Waals surface area (Å²) in [5.41, 5.74) is 6.24. The van der Waals surface area contributed by atoms with E-state index in [-0.39, 0.29) is 27.8 Å². The van der Waals surface area contributed by atoms with Crippen molar-refractivity contribution in [3.63, 3.8) is 0 Å². The molecule has 11 heteroatoms. The molecule has 0 radical (unpaired) electrons. The Kier molecular flexibility index (Phi) is 5.30. The van der Waals surface area contributed by atoms with Crippen LogP contribution in [0.5, 0.6) is 0 Å². The van der Waals surface area contributed by atoms with Gasteiger partial charge in [-0.2, -0.15) is 0 Å². The lowest BCUT2D eigenvalue weighted by Gasteiger charge is -2.38. The van der Waals surface area contributed by atoms with E-state index in [0.717, 1.165) is 4.90 Å². The molecule has 0 saturated carbocycles. The molecule has 4 N–H and O–H groups in total. The number of carbonyl (C=O) groups excluding carboxylic acids is 1. The van der Waals surface area contributed by atoms with Crippen LogP contribution in [0.25, 0.3) is 0 Å². The molecule has 1 aliphatic rings. The summed E-state index contributed by atoms with van der Waals surface area (Å²) >= 11 is 12.3. The lowest BCUT2D eigenvalue weighted by atomic mass is 9.91. The molecule has 9 nitrogen and oxygen atoms in total. The van der Waals surface area contributed by atoms with E-state index in [2.05, 4.69) is 5.32 Å². The molecular formula is C17H14Cl2N4O5. The van der Waals surface area contributed by atoms with Crippen molar-refractivity contribution in [1.29, 1.82) is 0 Å². The normalized spacial score (nSPS) is 17.9. The van der Waals surface area contributed by atoms with Crippen molar-refractivity contribution < 1.29 is 19.6 Å². The molecule has 0 saturated heterocycles. The number of carboxylic acid groups (broad SMARTS) is 1. The van der Waals surface area contributed by atoms with E-state index in [4.69, 9.17) is 28.9 Å². The molecule has 1 aliphatic heterocycles. The Morgan fingerprint density at radius 1 is 1.29 bits per heavy atom. The Morgan fingerprint density at radius 2 is 2.00 bits per heavy atom. The Hall–Kier alpha value is -3.04. The number of nitro benzene ring substituents is 1. The van der Waals surface area contributed by atoms with E-state index in [1.54, 1.807) is 0 Å². The topological polar surface area (TPSA) is 139 Å². The number of nitro groups is 1. The van der Waals surface area contributed by atoms with Crippen LogP contribution in [-0.4, -0.2) is 28.1 Å². The summed E-state index contributed by atoms with van der Waals surface area (Å²) in [7, 11) is 0. The maximum absolute atomic E-state index is 12.3. The highest BCUT2D eigenvalue weighted by Crippen LogP contribution is 2.44. The molecule has 146 valence electrons. The first-order chi connectivity index (χ1) is 13.2. The number of nitrogens with two attached hydrogens (primary N) is 1. The van der Waals surface area contributed by atoms with Crippen LogP contribution < -0.4 is 16.0 Å². The average Bonchev–Trinajstić information content (AvgIpc) is 2.60. The first-order valence-electron chi connectivity index (χ1n) is 8.00. The van der Waals surface area contributed by atoms with Crippen molar-refractivity contribution in [2.45, 2.75) is 18.5 Å². The molecule has 0 bridgehead atoms. The second-order valence-electron chi connectivity index (χ2n) is 6.12. The molecule has 3 rings (SSSR count). The first-order valence-corrected chi connectivity index (χ1v) is 8.76. The third-order valence-electron chi connectivity index (χ3n) is 4.38. The van der Waals surface area contributed by atoms with Gasteiger partial charge in [-0.1, -0.05) is 29.3 Å². The molecule has 28 heavy (non-hydrogen) atoms. The summed E-state index contributed by atoms with van der Waals surface area (Å²) in [6.45, 7) is 0. The van der Waals surface area contributed by atoms with Crippen molar-refractivity contribution in [2.75, 3.05) is 10.2 Å². The van der Waals surface area contributed by atoms with Crippen LogP contribution in [0.3, 0.4) is 0 Å². The van der Waals surface area contributed by atoms with Gasteiger partial charge in [0.1, 0.15) is 6.04 Å². The molecule has 0 spiro atoms. The Labute approximate surface area is 168 Å². The molecular weight excluding hydrogens is 411 g/mol. The molecule has 1 heterocycles. The van der Waals surface area contributed by atoms with E-state index in [0.29, 0.717) is 11.3 Å². The number of amides is 2. The van der Waals surface area contributed by atoms with Crippen LogP contribution in [0.1, 0.15) is 18.0 Å². The molecule has 0 aliphatic carbocycles. The summed E-state index contributed by atoms with van der Waals surface area (Å²) in [5, 5.41) is 23.9. The number of hydrogen-bond acceptors (Lipinski definition) is 5. The number of benzene rings is 2. The highest BCUT2D eigenvalue weighted by molar-refractivity contribution is 6.35. The Morgan fingerprint density at radius 3 is 2.61 bits per heavy atom. The van der Waals surface area contributed by atoms with Gasteiger partial charge < -0.3 is 16.2 Å². The van der Waals surface area contributed by atoms with Gasteiger partial charge in [0.05, 0.1) is 16.7 Å². The SMILES string of the molecule is NC(=O)N(c1cccc([N+](=O)[O-])c1)C1CC(C(=O)O)Nc2cc(Cl)cc(Cl)c21. The molecule has 2 atom stereocenters. The van der Waals surface area contributed by atoms with Crippen LogP contribution in [0.15, 0.2) is 36.4 Å². The van der Waals surface area contributed by atoms with Crippen molar-refractivity contribution in [2.24, 2.45) is 5.73 Å². The third-order valence-corrected chi connectivity index (χ3v) is 4.91. The third kappa shape index (κ3) is 3.67. The second-order valence-corrected chi connectivity index (χ2v) is 6.96. The zero-order chi connectivity index (χ0) is 20.6. The maximum Gasteiger partial charge on any atom is 0.326 e. The fourth-order valence-electron chi connectivity index (χ4n) is 3.24. The van der Waals surface area contributed by atoms with Crippen LogP contribution in [-0.2, 0) is 4.79 Å². The van der Waals surface area contributed by atoms with Crippen LogP contribution in [0, 0.1) is 10.1 Å². The van der Waals surface area contributed by atoms with Crippen molar-refractivity contribution in [3.05, 3.63) is 62.1 Å². The van der Waals surface area contributed by atoms with Gasteiger partial charge in [0.15, 0.2) is 0 Å². The van der Waals surface area contributed by atoms with Crippen LogP contribution >= 0.6 is 23.2 Å². The number of fused-ring (bicyclic) bond motifs is 1. The van der Waals surface area contributed by atoms with Crippen LogP contribution in [0.2, 0.25) is 10.0 Å². The number of rotatable bonds is 4. The fraction of sp³-hybridized carbons (Fsp3) is 0.176. The number of hydrogen-bond donors (Lipinski definition) is 3. The highest BCUT2D eigenvalue weighted by atomic mass is 35.5. The van der Waals surface area contributed by atoms with Gasteiger partial charge in [0.2, 0.25) is 0 Å². The largest absolute Gasteiger partial charge is 0.480 e. The highest BCUT2D eigenvalue weighted by Gasteiger charge is 2.38. The van der Waals surface area contributed by atoms with Crippen molar-refractivity contribution in [3.8, 4) is 0 Å². The number of urea groups is 1. The number of anilines is 2. The van der Waals surface area contributed by atoms with Crippen molar-refractivity contribution >= 4 is 52.3 Å². The van der Waals surface area contributed by atoms with Gasteiger partial charge in [0, 0.05) is 39.8 Å². The zero-order valence-electron chi connectivity index (χ0n) is 14.1. The van der Waals surface area contributed by atoms with Gasteiger partial charge in [-0.05, 0) is 18.2 Å². The quantitative estimate of drug-likeness (QED) is 0.503. The minimum atomic E-state index is -1.14. The fourth-order valence-corrected chi connectivity index (χ4v) is 3.86. The Balaban J connectivity index is 2.18. The maximum atomic E-state index is 12.3.